The Kier molecular flexibility index (Phi) is 5.89. The van der Waals surface area contributed by atoms with E-state index in [1.807, 2.05) is 0 Å². The molecule has 0 aliphatic rings. The molecule has 0 bridgehead atoms. The van der Waals surface area contributed by atoms with Crippen LogP contribution in [0.15, 0.2) is 23.1 Å². The molecule has 0 spiro atoms. The highest BCUT2D eigenvalue weighted by molar-refractivity contribution is 7.89. The van der Waals surface area contributed by atoms with Crippen LogP contribution in [0.2, 0.25) is 0 Å². The first-order valence-electron chi connectivity index (χ1n) is 5.65. The third kappa shape index (κ3) is 5.43. The highest BCUT2D eigenvalue weighted by atomic mass is 32.2. The van der Waals surface area contributed by atoms with Gasteiger partial charge in [-0.15, -0.1) is 0 Å². The number of nitrogens with two attached hydrogens (primary N) is 1. The van der Waals surface area contributed by atoms with Gasteiger partial charge in [0.1, 0.15) is 4.90 Å². The zero-order chi connectivity index (χ0) is 15.2. The number of hydrogen-bond acceptors (Lipinski definition) is 6. The van der Waals surface area contributed by atoms with Gasteiger partial charge in [-0.05, 0) is 18.2 Å². The second-order valence-corrected chi connectivity index (χ2v) is 7.13. The van der Waals surface area contributed by atoms with E-state index in [4.69, 9.17) is 10.3 Å². The second-order valence-electron chi connectivity index (χ2n) is 3.82. The lowest BCUT2D eigenvalue weighted by Crippen LogP contribution is -2.30. The van der Waals surface area contributed by atoms with Gasteiger partial charge in [0.2, 0.25) is 10.0 Å². The van der Waals surface area contributed by atoms with Crippen LogP contribution in [-0.4, -0.2) is 46.8 Å². The first kappa shape index (κ1) is 16.9. The summed E-state index contributed by atoms with van der Waals surface area (Å²) >= 11 is 0. The Balaban J connectivity index is 2.88. The number of rotatable bonds is 8. The molecular weight excluding hydrogens is 306 g/mol. The van der Waals surface area contributed by atoms with E-state index in [1.165, 1.54) is 18.2 Å². The van der Waals surface area contributed by atoms with E-state index in [1.54, 1.807) is 0 Å². The van der Waals surface area contributed by atoms with Crippen molar-refractivity contribution in [3.05, 3.63) is 24.3 Å². The molecule has 113 valence electrons. The molecule has 1 radical (unpaired) electrons. The summed E-state index contributed by atoms with van der Waals surface area (Å²) in [4.78, 5) is -0.0659. The lowest BCUT2D eigenvalue weighted by Gasteiger charge is -2.12. The zero-order valence-electron chi connectivity index (χ0n) is 10.5. The molecule has 0 aliphatic heterocycles. The predicted molar refractivity (Wildman–Crippen MR) is 74.4 cm³/mol. The van der Waals surface area contributed by atoms with Crippen LogP contribution < -0.4 is 15.8 Å². The van der Waals surface area contributed by atoms with E-state index in [9.17, 15) is 16.8 Å². The van der Waals surface area contributed by atoms with Gasteiger partial charge in [0, 0.05) is 19.6 Å². The average molecular weight is 322 g/mol. The molecule has 0 fully saturated rings. The SMILES string of the molecule is NCCNS(=O)(=O)c1c[c]ccc1NCCS(=O)(=O)O. The van der Waals surface area contributed by atoms with Crippen LogP contribution in [0, 0.1) is 6.07 Å². The quantitative estimate of drug-likeness (QED) is 0.451. The number of hydrogen-bond donors (Lipinski definition) is 4. The predicted octanol–water partition coefficient (Wildman–Crippen LogP) is -0.977. The minimum atomic E-state index is -4.11. The van der Waals surface area contributed by atoms with E-state index in [2.05, 4.69) is 16.1 Å². The van der Waals surface area contributed by atoms with E-state index in [0.717, 1.165) is 0 Å². The summed E-state index contributed by atoms with van der Waals surface area (Å²) in [5.74, 6) is -0.526. The zero-order valence-corrected chi connectivity index (χ0v) is 12.2. The van der Waals surface area contributed by atoms with Crippen molar-refractivity contribution in [1.29, 1.82) is 0 Å². The maximum atomic E-state index is 12.0. The molecule has 5 N–H and O–H groups in total. The average Bonchev–Trinajstić information content (AvgIpc) is 2.35. The fraction of sp³-hybridized carbons (Fsp3) is 0.400. The van der Waals surface area contributed by atoms with Crippen molar-refractivity contribution >= 4 is 25.8 Å². The molecule has 8 nitrogen and oxygen atoms in total. The Morgan fingerprint density at radius 2 is 1.95 bits per heavy atom. The second kappa shape index (κ2) is 6.99. The summed E-state index contributed by atoms with van der Waals surface area (Å²) in [5.41, 5.74) is 5.45. The fourth-order valence-electron chi connectivity index (χ4n) is 1.37. The summed E-state index contributed by atoms with van der Waals surface area (Å²) in [5, 5.41) is 2.64. The molecule has 0 aromatic heterocycles. The molecule has 1 aromatic carbocycles. The molecule has 0 saturated carbocycles. The summed E-state index contributed by atoms with van der Waals surface area (Å²) in [6.07, 6.45) is 0. The van der Waals surface area contributed by atoms with Gasteiger partial charge in [-0.3, -0.25) is 4.55 Å². The van der Waals surface area contributed by atoms with Gasteiger partial charge in [0.25, 0.3) is 10.1 Å². The third-order valence-electron chi connectivity index (χ3n) is 2.23. The Morgan fingerprint density at radius 1 is 1.25 bits per heavy atom. The molecule has 0 unspecified atom stereocenters. The summed E-state index contributed by atoms with van der Waals surface area (Å²) < 4.78 is 56.1. The van der Waals surface area contributed by atoms with Gasteiger partial charge in [-0.25, -0.2) is 13.1 Å². The summed E-state index contributed by atoms with van der Waals surface area (Å²) in [7, 11) is -7.86. The molecule has 0 saturated heterocycles. The minimum Gasteiger partial charge on any atom is -0.383 e. The van der Waals surface area contributed by atoms with Crippen LogP contribution in [0.3, 0.4) is 0 Å². The molecule has 0 heterocycles. The minimum absolute atomic E-state index is 0.0659. The van der Waals surface area contributed by atoms with Gasteiger partial charge in [0.15, 0.2) is 0 Å². The lowest BCUT2D eigenvalue weighted by atomic mass is 10.3. The molecule has 10 heteroatoms. The fourth-order valence-corrected chi connectivity index (χ4v) is 2.92. The number of sulfonamides is 1. The van der Waals surface area contributed by atoms with Crippen molar-refractivity contribution in [2.24, 2.45) is 5.73 Å². The highest BCUT2D eigenvalue weighted by Crippen LogP contribution is 2.19. The van der Waals surface area contributed by atoms with Gasteiger partial charge in [-0.2, -0.15) is 8.42 Å². The van der Waals surface area contributed by atoms with Crippen LogP contribution in [-0.2, 0) is 20.1 Å². The largest absolute Gasteiger partial charge is 0.383 e. The molecule has 0 aliphatic carbocycles. The maximum absolute atomic E-state index is 12.0. The maximum Gasteiger partial charge on any atom is 0.266 e. The van der Waals surface area contributed by atoms with Crippen molar-refractivity contribution in [3.8, 4) is 0 Å². The van der Waals surface area contributed by atoms with Gasteiger partial charge in [-0.1, -0.05) is 6.07 Å². The van der Waals surface area contributed by atoms with Gasteiger partial charge < -0.3 is 11.1 Å². The number of nitrogens with one attached hydrogen (secondary N) is 2. The molecule has 20 heavy (non-hydrogen) atoms. The summed E-state index contributed by atoms with van der Waals surface area (Å²) in [6.45, 7) is 0.116. The van der Waals surface area contributed by atoms with Gasteiger partial charge >= 0.3 is 0 Å². The normalized spacial score (nSPS) is 12.3. The van der Waals surface area contributed by atoms with Crippen LogP contribution >= 0.6 is 0 Å². The molecule has 0 amide bonds. The van der Waals surface area contributed by atoms with Crippen molar-refractivity contribution in [2.45, 2.75) is 4.90 Å². The van der Waals surface area contributed by atoms with Crippen molar-refractivity contribution < 1.29 is 21.4 Å². The highest BCUT2D eigenvalue weighted by Gasteiger charge is 2.17. The molecular formula is C10H16N3O5S2. The van der Waals surface area contributed by atoms with Crippen molar-refractivity contribution in [3.63, 3.8) is 0 Å². The molecule has 0 atom stereocenters. The molecule has 1 aromatic rings. The van der Waals surface area contributed by atoms with Crippen molar-refractivity contribution in [1.82, 2.24) is 4.72 Å². The Morgan fingerprint density at radius 3 is 2.55 bits per heavy atom. The van der Waals surface area contributed by atoms with E-state index in [-0.39, 0.29) is 30.2 Å². The van der Waals surface area contributed by atoms with Crippen LogP contribution in [0.1, 0.15) is 0 Å². The Bertz CT molecular complexity index is 643. The van der Waals surface area contributed by atoms with Crippen molar-refractivity contribution in [2.75, 3.05) is 30.7 Å². The van der Waals surface area contributed by atoms with E-state index in [0.29, 0.717) is 0 Å². The summed E-state index contributed by atoms with van der Waals surface area (Å²) in [6, 6.07) is 6.82. The first-order chi connectivity index (χ1) is 9.26. The van der Waals surface area contributed by atoms with Crippen LogP contribution in [0.5, 0.6) is 0 Å². The van der Waals surface area contributed by atoms with Crippen LogP contribution in [0.4, 0.5) is 5.69 Å². The number of anilines is 1. The third-order valence-corrected chi connectivity index (χ3v) is 4.45. The van der Waals surface area contributed by atoms with E-state index >= 15 is 0 Å². The Hall–Kier alpha value is -1.20. The monoisotopic (exact) mass is 322 g/mol. The standard InChI is InChI=1S/C10H16N3O5S2/c11-5-6-13-20(17,18)10-4-2-1-3-9(10)12-7-8-19(14,15)16/h1,3-4,12-13H,5-8,11H2,(H,14,15,16). The van der Waals surface area contributed by atoms with E-state index < -0.39 is 25.9 Å². The first-order valence-corrected chi connectivity index (χ1v) is 8.74. The van der Waals surface area contributed by atoms with Crippen LogP contribution in [0.25, 0.3) is 0 Å². The topological polar surface area (TPSA) is 139 Å². The smallest absolute Gasteiger partial charge is 0.266 e. The van der Waals surface area contributed by atoms with Gasteiger partial charge in [0.05, 0.1) is 11.4 Å². The number of benzene rings is 1. The lowest BCUT2D eigenvalue weighted by molar-refractivity contribution is 0.484. The molecule has 1 rings (SSSR count). The Labute approximate surface area is 118 Å².